The van der Waals surface area contributed by atoms with Gasteiger partial charge in [-0.3, -0.25) is 0 Å². The average molecular weight is 310 g/mol. The maximum atomic E-state index is 13.2. The number of nitrogens with zero attached hydrogens (tertiary/aromatic N) is 2. The minimum Gasteiger partial charge on any atom is -0.477 e. The lowest BCUT2D eigenvalue weighted by molar-refractivity contribution is -0.136. The molecule has 3 aromatic rings. The molecule has 1 aromatic carbocycles. The summed E-state index contributed by atoms with van der Waals surface area (Å²) in [5.74, 6) is -1.52. The molecular weight excluding hydrogens is 301 g/mol. The molecule has 0 unspecified atom stereocenters. The molecule has 5 nitrogen and oxygen atoms in total. The van der Waals surface area contributed by atoms with Gasteiger partial charge in [-0.25, -0.2) is 4.79 Å². The lowest BCUT2D eigenvalue weighted by atomic mass is 10.0. The lowest BCUT2D eigenvalue weighted by Gasteiger charge is -2.09. The van der Waals surface area contributed by atoms with Gasteiger partial charge in [-0.05, 0) is 12.1 Å². The van der Waals surface area contributed by atoms with Gasteiger partial charge in [0, 0.05) is 29.7 Å². The molecule has 0 amide bonds. The van der Waals surface area contributed by atoms with Crippen molar-refractivity contribution < 1.29 is 27.6 Å². The molecule has 2 heterocycles. The zero-order chi connectivity index (χ0) is 16.1. The standard InChI is InChI=1S/C14H9F3N2O3/c1-19-6-8(12-7(13(20)21)5-18-22-12)11-9(14(15,16)17)3-2-4-10(11)19/h2-6H,1H3,(H,20,21). The number of hydrogen-bond acceptors (Lipinski definition) is 3. The number of carbonyl (C=O) groups is 1. The van der Waals surface area contributed by atoms with E-state index in [4.69, 9.17) is 9.63 Å². The van der Waals surface area contributed by atoms with Crippen LogP contribution in [0.4, 0.5) is 13.2 Å². The number of aromatic nitrogens is 2. The van der Waals surface area contributed by atoms with Crippen LogP contribution in [0.25, 0.3) is 22.2 Å². The van der Waals surface area contributed by atoms with Crippen molar-refractivity contribution in [3.8, 4) is 11.3 Å². The summed E-state index contributed by atoms with van der Waals surface area (Å²) in [4.78, 5) is 11.2. The van der Waals surface area contributed by atoms with Crippen LogP contribution in [-0.4, -0.2) is 20.8 Å². The fourth-order valence-electron chi connectivity index (χ4n) is 2.44. The predicted octanol–water partition coefficient (Wildman–Crippen LogP) is 3.55. The van der Waals surface area contributed by atoms with Crippen molar-refractivity contribution >= 4 is 16.9 Å². The van der Waals surface area contributed by atoms with Gasteiger partial charge in [0.15, 0.2) is 5.76 Å². The number of carboxylic acids is 1. The van der Waals surface area contributed by atoms with Crippen molar-refractivity contribution in [2.75, 3.05) is 0 Å². The Morgan fingerprint density at radius 2 is 2.09 bits per heavy atom. The highest BCUT2D eigenvalue weighted by atomic mass is 19.4. The van der Waals surface area contributed by atoms with Gasteiger partial charge in [0.2, 0.25) is 0 Å². The molecule has 0 atom stereocenters. The topological polar surface area (TPSA) is 68.3 Å². The van der Waals surface area contributed by atoms with E-state index in [2.05, 4.69) is 5.16 Å². The Kier molecular flexibility index (Phi) is 2.98. The van der Waals surface area contributed by atoms with E-state index in [0.29, 0.717) is 5.52 Å². The number of hydrogen-bond donors (Lipinski definition) is 1. The van der Waals surface area contributed by atoms with E-state index >= 15 is 0 Å². The van der Waals surface area contributed by atoms with Crippen LogP contribution in [0, 0.1) is 0 Å². The highest BCUT2D eigenvalue weighted by Gasteiger charge is 2.35. The van der Waals surface area contributed by atoms with Crippen LogP contribution in [0.2, 0.25) is 0 Å². The normalized spacial score (nSPS) is 12.0. The summed E-state index contributed by atoms with van der Waals surface area (Å²) in [6, 6.07) is 3.76. The summed E-state index contributed by atoms with van der Waals surface area (Å²) in [5.41, 5.74) is -0.782. The molecule has 0 saturated heterocycles. The highest BCUT2D eigenvalue weighted by molar-refractivity contribution is 6.03. The maximum absolute atomic E-state index is 13.2. The van der Waals surface area contributed by atoms with Crippen LogP contribution in [-0.2, 0) is 13.2 Å². The Bertz CT molecular complexity index is 877. The lowest BCUT2D eigenvalue weighted by Crippen LogP contribution is -2.05. The van der Waals surface area contributed by atoms with E-state index in [1.165, 1.54) is 22.9 Å². The third-order valence-electron chi connectivity index (χ3n) is 3.37. The summed E-state index contributed by atoms with van der Waals surface area (Å²) >= 11 is 0. The van der Waals surface area contributed by atoms with Crippen molar-refractivity contribution in [2.24, 2.45) is 7.05 Å². The average Bonchev–Trinajstić information content (AvgIpc) is 3.02. The third kappa shape index (κ3) is 2.03. The van der Waals surface area contributed by atoms with Crippen LogP contribution < -0.4 is 0 Å². The third-order valence-corrected chi connectivity index (χ3v) is 3.37. The number of halogens is 3. The molecule has 0 spiro atoms. The molecule has 22 heavy (non-hydrogen) atoms. The predicted molar refractivity (Wildman–Crippen MR) is 70.4 cm³/mol. The number of alkyl halides is 3. The monoisotopic (exact) mass is 310 g/mol. The van der Waals surface area contributed by atoms with Crippen molar-refractivity contribution in [3.63, 3.8) is 0 Å². The number of aromatic carboxylic acids is 1. The maximum Gasteiger partial charge on any atom is 0.417 e. The Hall–Kier alpha value is -2.77. The SMILES string of the molecule is Cn1cc(-c2oncc2C(=O)O)c2c(C(F)(F)F)cccc21. The van der Waals surface area contributed by atoms with Crippen molar-refractivity contribution in [3.05, 3.63) is 41.7 Å². The van der Waals surface area contributed by atoms with Gasteiger partial charge in [-0.15, -0.1) is 0 Å². The first-order valence-corrected chi connectivity index (χ1v) is 6.14. The van der Waals surface area contributed by atoms with Gasteiger partial charge in [-0.2, -0.15) is 13.2 Å². The van der Waals surface area contributed by atoms with Crippen molar-refractivity contribution in [2.45, 2.75) is 6.18 Å². The molecule has 1 N–H and O–H groups in total. The summed E-state index contributed by atoms with van der Waals surface area (Å²) in [7, 11) is 1.57. The van der Waals surface area contributed by atoms with Crippen LogP contribution in [0.15, 0.2) is 35.1 Å². The Morgan fingerprint density at radius 1 is 1.36 bits per heavy atom. The number of fused-ring (bicyclic) bond motifs is 1. The summed E-state index contributed by atoms with van der Waals surface area (Å²) in [5, 5.41) is 12.4. The molecule has 0 radical (unpaired) electrons. The number of benzene rings is 1. The van der Waals surface area contributed by atoms with Crippen LogP contribution in [0.5, 0.6) is 0 Å². The second kappa shape index (κ2) is 4.62. The fourth-order valence-corrected chi connectivity index (χ4v) is 2.44. The van der Waals surface area contributed by atoms with Gasteiger partial charge in [-0.1, -0.05) is 11.2 Å². The quantitative estimate of drug-likeness (QED) is 0.786. The second-order valence-corrected chi connectivity index (χ2v) is 4.72. The largest absolute Gasteiger partial charge is 0.477 e. The van der Waals surface area contributed by atoms with Gasteiger partial charge in [0.05, 0.1) is 11.8 Å². The number of carboxylic acid groups (broad SMARTS) is 1. The molecule has 0 aliphatic carbocycles. The molecule has 0 aliphatic heterocycles. The summed E-state index contributed by atoms with van der Waals surface area (Å²) < 4.78 is 46.1. The smallest absolute Gasteiger partial charge is 0.417 e. The molecule has 114 valence electrons. The van der Waals surface area contributed by atoms with E-state index in [0.717, 1.165) is 12.3 Å². The van der Waals surface area contributed by atoms with Crippen LogP contribution in [0.3, 0.4) is 0 Å². The Morgan fingerprint density at radius 3 is 2.73 bits per heavy atom. The van der Waals surface area contributed by atoms with E-state index in [1.807, 2.05) is 0 Å². The zero-order valence-electron chi connectivity index (χ0n) is 11.2. The summed E-state index contributed by atoms with van der Waals surface area (Å²) in [6.45, 7) is 0. The number of aryl methyl sites for hydroxylation is 1. The Labute approximate surface area is 121 Å². The molecule has 0 saturated carbocycles. The first kappa shape index (κ1) is 14.2. The highest BCUT2D eigenvalue weighted by Crippen LogP contribution is 2.41. The van der Waals surface area contributed by atoms with E-state index in [-0.39, 0.29) is 22.3 Å². The van der Waals surface area contributed by atoms with Gasteiger partial charge >= 0.3 is 12.1 Å². The Balaban J connectivity index is 2.40. The molecule has 0 aliphatic rings. The molecule has 0 fully saturated rings. The van der Waals surface area contributed by atoms with Crippen LogP contribution in [0.1, 0.15) is 15.9 Å². The van der Waals surface area contributed by atoms with Gasteiger partial charge < -0.3 is 14.2 Å². The second-order valence-electron chi connectivity index (χ2n) is 4.72. The molecular formula is C14H9F3N2O3. The number of rotatable bonds is 2. The van der Waals surface area contributed by atoms with E-state index in [9.17, 15) is 18.0 Å². The molecule has 8 heteroatoms. The first-order chi connectivity index (χ1) is 10.3. The fraction of sp³-hybridized carbons (Fsp3) is 0.143. The minimum atomic E-state index is -4.57. The molecule has 2 aromatic heterocycles. The summed E-state index contributed by atoms with van der Waals surface area (Å²) in [6.07, 6.45) is -2.21. The van der Waals surface area contributed by atoms with Crippen LogP contribution >= 0.6 is 0 Å². The van der Waals surface area contributed by atoms with Gasteiger partial charge in [0.25, 0.3) is 0 Å². The first-order valence-electron chi connectivity index (χ1n) is 6.14. The van der Waals surface area contributed by atoms with Gasteiger partial charge in [0.1, 0.15) is 5.56 Å². The van der Waals surface area contributed by atoms with Crippen molar-refractivity contribution in [1.82, 2.24) is 9.72 Å². The van der Waals surface area contributed by atoms with Crippen molar-refractivity contribution in [1.29, 1.82) is 0 Å². The minimum absolute atomic E-state index is 0.0420. The molecule has 3 rings (SSSR count). The molecule has 0 bridgehead atoms. The zero-order valence-corrected chi connectivity index (χ0v) is 11.2. The van der Waals surface area contributed by atoms with E-state index < -0.39 is 17.7 Å². The van der Waals surface area contributed by atoms with E-state index in [1.54, 1.807) is 7.05 Å².